The van der Waals surface area contributed by atoms with Crippen molar-refractivity contribution >= 4 is 17.6 Å². The van der Waals surface area contributed by atoms with E-state index in [0.29, 0.717) is 36.3 Å². The van der Waals surface area contributed by atoms with Gasteiger partial charge in [0, 0.05) is 28.4 Å². The molecule has 1 aromatic heterocycles. The molecular weight excluding hydrogens is 492 g/mol. The topological polar surface area (TPSA) is 105 Å². The highest BCUT2D eigenvalue weighted by atomic mass is 35.5. The van der Waals surface area contributed by atoms with Gasteiger partial charge in [-0.2, -0.15) is 5.10 Å². The highest BCUT2D eigenvalue weighted by Gasteiger charge is 2.26. The third kappa shape index (κ3) is 7.42. The predicted molar refractivity (Wildman–Crippen MR) is 143 cm³/mol. The molecule has 37 heavy (non-hydrogen) atoms. The van der Waals surface area contributed by atoms with Crippen molar-refractivity contribution < 1.29 is 24.9 Å². The first-order valence-electron chi connectivity index (χ1n) is 12.9. The zero-order valence-corrected chi connectivity index (χ0v) is 21.7. The van der Waals surface area contributed by atoms with Gasteiger partial charge in [-0.05, 0) is 68.1 Å². The molecule has 0 spiro atoms. The SMILES string of the molecule is O=C(O)COCC1CCC(Cn2nc(-c3ccccc3)c(-c3cccc(Cl)c3)c2CCC(O)CO)CC1. The van der Waals surface area contributed by atoms with Crippen LogP contribution in [-0.4, -0.2) is 57.0 Å². The number of benzene rings is 2. The summed E-state index contributed by atoms with van der Waals surface area (Å²) in [5.74, 6) is -0.113. The quantitative estimate of drug-likeness (QED) is 0.304. The lowest BCUT2D eigenvalue weighted by molar-refractivity contribution is -0.142. The lowest BCUT2D eigenvalue weighted by Gasteiger charge is -2.28. The van der Waals surface area contributed by atoms with Crippen LogP contribution in [0.4, 0.5) is 0 Å². The number of hydrogen-bond donors (Lipinski definition) is 3. The molecule has 0 amide bonds. The monoisotopic (exact) mass is 526 g/mol. The minimum atomic E-state index is -0.934. The predicted octanol–water partition coefficient (Wildman–Crippen LogP) is 5.06. The molecule has 0 aliphatic heterocycles. The van der Waals surface area contributed by atoms with Crippen LogP contribution in [-0.2, 0) is 22.5 Å². The molecule has 198 valence electrons. The van der Waals surface area contributed by atoms with Crippen molar-refractivity contribution in [2.75, 3.05) is 19.8 Å². The highest BCUT2D eigenvalue weighted by molar-refractivity contribution is 6.30. The number of carboxylic acid groups (broad SMARTS) is 1. The van der Waals surface area contributed by atoms with Crippen LogP contribution < -0.4 is 0 Å². The number of ether oxygens (including phenoxy) is 1. The van der Waals surface area contributed by atoms with Gasteiger partial charge in [0.05, 0.1) is 19.3 Å². The smallest absolute Gasteiger partial charge is 0.329 e. The van der Waals surface area contributed by atoms with Gasteiger partial charge in [-0.1, -0.05) is 54.1 Å². The van der Waals surface area contributed by atoms with E-state index < -0.39 is 12.1 Å². The Morgan fingerprint density at radius 3 is 2.43 bits per heavy atom. The van der Waals surface area contributed by atoms with Gasteiger partial charge in [-0.25, -0.2) is 4.79 Å². The van der Waals surface area contributed by atoms with Crippen LogP contribution >= 0.6 is 11.6 Å². The molecule has 8 heteroatoms. The van der Waals surface area contributed by atoms with Crippen LogP contribution in [0.5, 0.6) is 0 Å². The van der Waals surface area contributed by atoms with Crippen molar-refractivity contribution in [3.05, 3.63) is 65.3 Å². The molecular formula is C29H35ClN2O5. The average molecular weight is 527 g/mol. The van der Waals surface area contributed by atoms with E-state index in [-0.39, 0.29) is 13.2 Å². The number of rotatable bonds is 12. The van der Waals surface area contributed by atoms with Crippen molar-refractivity contribution in [1.82, 2.24) is 9.78 Å². The Morgan fingerprint density at radius 2 is 1.76 bits per heavy atom. The number of aliphatic hydroxyl groups excluding tert-OH is 2. The summed E-state index contributed by atoms with van der Waals surface area (Å²) in [7, 11) is 0. The number of nitrogens with zero attached hydrogens (tertiary/aromatic N) is 2. The second kappa shape index (κ2) is 13.2. The summed E-state index contributed by atoms with van der Waals surface area (Å²) in [6.07, 6.45) is 4.24. The van der Waals surface area contributed by atoms with E-state index in [0.717, 1.165) is 60.3 Å². The minimum Gasteiger partial charge on any atom is -0.480 e. The summed E-state index contributed by atoms with van der Waals surface area (Å²) in [4.78, 5) is 10.7. The zero-order chi connectivity index (χ0) is 26.2. The lowest BCUT2D eigenvalue weighted by atomic mass is 9.82. The molecule has 1 saturated carbocycles. The first-order chi connectivity index (χ1) is 17.9. The maximum atomic E-state index is 10.7. The molecule has 1 heterocycles. The summed E-state index contributed by atoms with van der Waals surface area (Å²) in [6.45, 7) is 0.723. The summed E-state index contributed by atoms with van der Waals surface area (Å²) >= 11 is 6.38. The molecule has 3 aromatic rings. The molecule has 0 bridgehead atoms. The largest absolute Gasteiger partial charge is 0.480 e. The molecule has 0 saturated heterocycles. The van der Waals surface area contributed by atoms with Gasteiger partial charge < -0.3 is 20.1 Å². The summed E-state index contributed by atoms with van der Waals surface area (Å²) in [5, 5.41) is 34.1. The maximum absolute atomic E-state index is 10.7. The van der Waals surface area contributed by atoms with Crippen LogP contribution in [0.2, 0.25) is 5.02 Å². The second-order valence-electron chi connectivity index (χ2n) is 9.90. The highest BCUT2D eigenvalue weighted by Crippen LogP contribution is 2.38. The van der Waals surface area contributed by atoms with Gasteiger partial charge >= 0.3 is 5.97 Å². The number of carboxylic acids is 1. The lowest BCUT2D eigenvalue weighted by Crippen LogP contribution is -2.24. The Balaban J connectivity index is 1.62. The van der Waals surface area contributed by atoms with Gasteiger partial charge in [-0.15, -0.1) is 0 Å². The van der Waals surface area contributed by atoms with Gasteiger partial charge in [-0.3, -0.25) is 4.68 Å². The molecule has 7 nitrogen and oxygen atoms in total. The number of aliphatic hydroxyl groups is 2. The molecule has 1 atom stereocenters. The molecule has 4 rings (SSSR count). The van der Waals surface area contributed by atoms with Crippen molar-refractivity contribution in [2.24, 2.45) is 11.8 Å². The molecule has 3 N–H and O–H groups in total. The standard InChI is InChI=1S/C29H35ClN2O5/c30-24-8-4-7-23(15-24)28-26(14-13-25(34)17-33)32(31-29(28)22-5-2-1-3-6-22)16-20-9-11-21(12-10-20)18-37-19-27(35)36/h1-8,15,20-21,25,33-34H,9-14,16-19H2,(H,35,36). The number of hydrogen-bond acceptors (Lipinski definition) is 5. The normalized spacial score (nSPS) is 18.6. The first-order valence-corrected chi connectivity index (χ1v) is 13.3. The van der Waals surface area contributed by atoms with Crippen LogP contribution in [0, 0.1) is 11.8 Å². The molecule has 1 aliphatic rings. The fraction of sp³-hybridized carbons (Fsp3) is 0.448. The number of aromatic nitrogens is 2. The summed E-state index contributed by atoms with van der Waals surface area (Å²) < 4.78 is 7.42. The molecule has 1 aliphatic carbocycles. The Morgan fingerprint density at radius 1 is 1.05 bits per heavy atom. The van der Waals surface area contributed by atoms with Crippen LogP contribution in [0.3, 0.4) is 0 Å². The van der Waals surface area contributed by atoms with E-state index in [1.807, 2.05) is 42.5 Å². The molecule has 2 aromatic carbocycles. The molecule has 0 radical (unpaired) electrons. The van der Waals surface area contributed by atoms with Gasteiger partial charge in [0.1, 0.15) is 12.3 Å². The van der Waals surface area contributed by atoms with Crippen LogP contribution in [0.1, 0.15) is 37.8 Å². The Bertz CT molecular complexity index is 1160. The Labute approximate surface area is 222 Å². The summed E-state index contributed by atoms with van der Waals surface area (Å²) in [6, 6.07) is 17.9. The van der Waals surface area contributed by atoms with Gasteiger partial charge in [0.15, 0.2) is 0 Å². The second-order valence-corrected chi connectivity index (χ2v) is 10.3. The van der Waals surface area contributed by atoms with Gasteiger partial charge in [0.2, 0.25) is 0 Å². The van der Waals surface area contributed by atoms with E-state index in [1.54, 1.807) is 0 Å². The van der Waals surface area contributed by atoms with E-state index in [9.17, 15) is 15.0 Å². The minimum absolute atomic E-state index is 0.245. The van der Waals surface area contributed by atoms with E-state index in [2.05, 4.69) is 16.8 Å². The van der Waals surface area contributed by atoms with Crippen molar-refractivity contribution in [3.8, 4) is 22.4 Å². The third-order valence-corrected chi connectivity index (χ3v) is 7.35. The molecule has 1 unspecified atom stereocenters. The number of carbonyl (C=O) groups is 1. The van der Waals surface area contributed by atoms with Crippen LogP contribution in [0.15, 0.2) is 54.6 Å². The molecule has 1 fully saturated rings. The fourth-order valence-electron chi connectivity index (χ4n) is 5.18. The van der Waals surface area contributed by atoms with Crippen molar-refractivity contribution in [1.29, 1.82) is 0 Å². The maximum Gasteiger partial charge on any atom is 0.329 e. The van der Waals surface area contributed by atoms with Crippen molar-refractivity contribution in [2.45, 2.75) is 51.2 Å². The zero-order valence-electron chi connectivity index (χ0n) is 20.9. The third-order valence-electron chi connectivity index (χ3n) is 7.12. The van der Waals surface area contributed by atoms with E-state index >= 15 is 0 Å². The summed E-state index contributed by atoms with van der Waals surface area (Å²) in [5.41, 5.74) is 4.91. The van der Waals surface area contributed by atoms with Gasteiger partial charge in [0.25, 0.3) is 0 Å². The fourth-order valence-corrected chi connectivity index (χ4v) is 5.37. The van der Waals surface area contributed by atoms with Crippen LogP contribution in [0.25, 0.3) is 22.4 Å². The first kappa shape index (κ1) is 27.3. The van der Waals surface area contributed by atoms with E-state index in [4.69, 9.17) is 26.5 Å². The number of halogens is 1. The Kier molecular flexibility index (Phi) is 9.75. The number of aliphatic carboxylic acids is 1. The van der Waals surface area contributed by atoms with E-state index in [1.165, 1.54) is 0 Å². The average Bonchev–Trinajstić information content (AvgIpc) is 3.26. The Hall–Kier alpha value is -2.71. The van der Waals surface area contributed by atoms with Crippen molar-refractivity contribution in [3.63, 3.8) is 0 Å².